The third-order valence-electron chi connectivity index (χ3n) is 6.11. The van der Waals surface area contributed by atoms with E-state index in [0.717, 1.165) is 49.3 Å². The number of ether oxygens (including phenoxy) is 1. The molecule has 0 aliphatic carbocycles. The number of amides is 1. The number of carbonyl (C=O) groups is 1. The largest absolute Gasteiger partial charge is 0.504 e. The highest BCUT2D eigenvalue weighted by molar-refractivity contribution is 5.92. The van der Waals surface area contributed by atoms with Gasteiger partial charge in [-0.25, -0.2) is 0 Å². The average molecular weight is 431 g/mol. The van der Waals surface area contributed by atoms with Crippen LogP contribution in [0.2, 0.25) is 0 Å². The molecule has 0 aromatic heterocycles. The van der Waals surface area contributed by atoms with Crippen LogP contribution in [0.5, 0.6) is 11.5 Å². The Bertz CT molecular complexity index is 1070. The van der Waals surface area contributed by atoms with Crippen molar-refractivity contribution in [2.75, 3.05) is 25.5 Å². The zero-order chi connectivity index (χ0) is 22.5. The van der Waals surface area contributed by atoms with E-state index < -0.39 is 0 Å². The Kier molecular flexibility index (Phi) is 6.76. The minimum Gasteiger partial charge on any atom is -0.504 e. The van der Waals surface area contributed by atoms with E-state index >= 15 is 0 Å². The lowest BCUT2D eigenvalue weighted by Gasteiger charge is -2.31. The van der Waals surface area contributed by atoms with Gasteiger partial charge in [-0.1, -0.05) is 48.0 Å². The van der Waals surface area contributed by atoms with E-state index in [4.69, 9.17) is 4.74 Å². The van der Waals surface area contributed by atoms with Crippen LogP contribution in [0.1, 0.15) is 24.0 Å². The fraction of sp³-hybridized carbons (Fsp3) is 0.296. The molecule has 4 rings (SSSR count). The van der Waals surface area contributed by atoms with Gasteiger partial charge < -0.3 is 15.2 Å². The lowest BCUT2D eigenvalue weighted by atomic mass is 9.95. The number of nitrogens with one attached hydrogen (secondary N) is 1. The van der Waals surface area contributed by atoms with Crippen LogP contribution >= 0.6 is 0 Å². The quantitative estimate of drug-likeness (QED) is 0.562. The summed E-state index contributed by atoms with van der Waals surface area (Å²) >= 11 is 0. The summed E-state index contributed by atoms with van der Waals surface area (Å²) < 4.78 is 5.10. The molecular formula is C27H30N2O3. The Morgan fingerprint density at radius 1 is 1.03 bits per heavy atom. The van der Waals surface area contributed by atoms with Crippen LogP contribution in [0, 0.1) is 12.8 Å². The van der Waals surface area contributed by atoms with E-state index in [0.29, 0.717) is 5.75 Å². The Balaban J connectivity index is 1.28. The van der Waals surface area contributed by atoms with E-state index in [-0.39, 0.29) is 17.6 Å². The van der Waals surface area contributed by atoms with E-state index in [1.54, 1.807) is 19.2 Å². The minimum atomic E-state index is 0.0203. The number of carbonyl (C=O) groups excluding carboxylic acids is 1. The van der Waals surface area contributed by atoms with Gasteiger partial charge in [0.2, 0.25) is 5.91 Å². The molecule has 1 heterocycles. The predicted octanol–water partition coefficient (Wildman–Crippen LogP) is 5.23. The number of phenolic OH excluding ortho intramolecular Hbond substituents is 1. The van der Waals surface area contributed by atoms with Crippen LogP contribution in [0.4, 0.5) is 5.69 Å². The zero-order valence-electron chi connectivity index (χ0n) is 18.7. The molecule has 166 valence electrons. The van der Waals surface area contributed by atoms with Crippen molar-refractivity contribution in [3.05, 3.63) is 77.9 Å². The lowest BCUT2D eigenvalue weighted by molar-refractivity contribution is -0.121. The fourth-order valence-electron chi connectivity index (χ4n) is 4.26. The molecule has 1 aliphatic rings. The molecule has 0 atom stereocenters. The molecule has 1 fully saturated rings. The maximum Gasteiger partial charge on any atom is 0.227 e. The number of anilines is 1. The summed E-state index contributed by atoms with van der Waals surface area (Å²) in [5, 5.41) is 13.1. The first-order valence-corrected chi connectivity index (χ1v) is 11.1. The molecule has 1 amide bonds. The monoisotopic (exact) mass is 430 g/mol. The second kappa shape index (κ2) is 9.88. The topological polar surface area (TPSA) is 61.8 Å². The molecule has 3 aromatic rings. The SMILES string of the molecule is COc1ccc(CN2CCC(C(=O)Nc3ccc(-c4cccc(C)c4)cc3)CC2)cc1O. The van der Waals surface area contributed by atoms with Crippen molar-refractivity contribution in [3.63, 3.8) is 0 Å². The van der Waals surface area contributed by atoms with Crippen LogP contribution in [0.3, 0.4) is 0 Å². The molecule has 0 radical (unpaired) electrons. The van der Waals surface area contributed by atoms with Crippen LogP contribution in [-0.4, -0.2) is 36.1 Å². The first-order chi connectivity index (χ1) is 15.5. The van der Waals surface area contributed by atoms with Gasteiger partial charge in [-0.05, 0) is 73.8 Å². The fourth-order valence-corrected chi connectivity index (χ4v) is 4.26. The van der Waals surface area contributed by atoms with Gasteiger partial charge in [0.25, 0.3) is 0 Å². The third-order valence-corrected chi connectivity index (χ3v) is 6.11. The van der Waals surface area contributed by atoms with E-state index in [9.17, 15) is 9.90 Å². The van der Waals surface area contributed by atoms with Gasteiger partial charge in [-0.15, -0.1) is 0 Å². The number of nitrogens with zero attached hydrogens (tertiary/aromatic N) is 1. The van der Waals surface area contributed by atoms with E-state index in [1.165, 1.54) is 11.1 Å². The van der Waals surface area contributed by atoms with Crippen molar-refractivity contribution in [1.29, 1.82) is 0 Å². The molecule has 3 aromatic carbocycles. The minimum absolute atomic E-state index is 0.0203. The summed E-state index contributed by atoms with van der Waals surface area (Å²) in [6.45, 7) is 4.56. The highest BCUT2D eigenvalue weighted by atomic mass is 16.5. The number of piperidine rings is 1. The average Bonchev–Trinajstić information content (AvgIpc) is 2.80. The molecule has 1 aliphatic heterocycles. The maximum atomic E-state index is 12.8. The van der Waals surface area contributed by atoms with Crippen molar-refractivity contribution in [2.45, 2.75) is 26.3 Å². The summed E-state index contributed by atoms with van der Waals surface area (Å²) in [7, 11) is 1.54. The van der Waals surface area contributed by atoms with Crippen LogP contribution < -0.4 is 10.1 Å². The summed E-state index contributed by atoms with van der Waals surface area (Å²) in [5.74, 6) is 0.755. The number of phenols is 1. The van der Waals surface area contributed by atoms with Crippen molar-refractivity contribution in [3.8, 4) is 22.6 Å². The molecule has 2 N–H and O–H groups in total. The third kappa shape index (κ3) is 5.29. The van der Waals surface area contributed by atoms with Gasteiger partial charge in [0.1, 0.15) is 0 Å². The van der Waals surface area contributed by atoms with Crippen molar-refractivity contribution < 1.29 is 14.6 Å². The molecule has 0 spiro atoms. The van der Waals surface area contributed by atoms with Crippen LogP contribution in [0.25, 0.3) is 11.1 Å². The Morgan fingerprint density at radius 3 is 2.44 bits per heavy atom. The molecule has 5 heteroatoms. The first kappa shape index (κ1) is 21.9. The molecule has 32 heavy (non-hydrogen) atoms. The molecular weight excluding hydrogens is 400 g/mol. The van der Waals surface area contributed by atoms with Gasteiger partial charge in [0, 0.05) is 18.2 Å². The van der Waals surface area contributed by atoms with Crippen LogP contribution in [-0.2, 0) is 11.3 Å². The summed E-state index contributed by atoms with van der Waals surface area (Å²) in [6.07, 6.45) is 1.66. The molecule has 0 bridgehead atoms. The lowest BCUT2D eigenvalue weighted by Crippen LogP contribution is -2.37. The summed E-state index contributed by atoms with van der Waals surface area (Å²) in [6, 6.07) is 22.0. The second-order valence-corrected chi connectivity index (χ2v) is 8.49. The van der Waals surface area contributed by atoms with Gasteiger partial charge in [-0.2, -0.15) is 0 Å². The van der Waals surface area contributed by atoms with Crippen molar-refractivity contribution in [2.24, 2.45) is 5.92 Å². The second-order valence-electron chi connectivity index (χ2n) is 8.49. The van der Waals surface area contributed by atoms with Gasteiger partial charge in [0.15, 0.2) is 11.5 Å². The number of hydrogen-bond donors (Lipinski definition) is 2. The predicted molar refractivity (Wildman–Crippen MR) is 128 cm³/mol. The van der Waals surface area contributed by atoms with Crippen LogP contribution in [0.15, 0.2) is 66.7 Å². The maximum absolute atomic E-state index is 12.8. The highest BCUT2D eigenvalue weighted by Gasteiger charge is 2.25. The molecule has 5 nitrogen and oxygen atoms in total. The number of aromatic hydroxyl groups is 1. The smallest absolute Gasteiger partial charge is 0.227 e. The first-order valence-electron chi connectivity index (χ1n) is 11.1. The number of likely N-dealkylation sites (tertiary alicyclic amines) is 1. The number of methoxy groups -OCH3 is 1. The summed E-state index contributed by atoms with van der Waals surface area (Å²) in [4.78, 5) is 15.1. The molecule has 0 saturated carbocycles. The summed E-state index contributed by atoms with van der Waals surface area (Å²) in [5.41, 5.74) is 5.43. The highest BCUT2D eigenvalue weighted by Crippen LogP contribution is 2.28. The number of rotatable bonds is 6. The Morgan fingerprint density at radius 2 is 1.78 bits per heavy atom. The van der Waals surface area contributed by atoms with Gasteiger partial charge in [-0.3, -0.25) is 9.69 Å². The normalized spacial score (nSPS) is 14.8. The van der Waals surface area contributed by atoms with E-state index in [2.05, 4.69) is 53.5 Å². The Hall–Kier alpha value is -3.31. The number of aryl methyl sites for hydroxylation is 1. The standard InChI is InChI=1S/C27H30N2O3/c1-19-4-3-5-23(16-19)21-7-9-24(10-8-21)28-27(31)22-12-14-29(15-13-22)18-20-6-11-26(32-2)25(30)17-20/h3-11,16-17,22,30H,12-15,18H2,1-2H3,(H,28,31). The van der Waals surface area contributed by atoms with Crippen molar-refractivity contribution in [1.82, 2.24) is 4.90 Å². The molecule has 1 saturated heterocycles. The van der Waals surface area contributed by atoms with E-state index in [1.807, 2.05) is 18.2 Å². The number of benzene rings is 3. The van der Waals surface area contributed by atoms with Crippen molar-refractivity contribution >= 4 is 11.6 Å². The van der Waals surface area contributed by atoms with Gasteiger partial charge in [0.05, 0.1) is 7.11 Å². The number of hydrogen-bond acceptors (Lipinski definition) is 4. The molecule has 0 unspecified atom stereocenters. The zero-order valence-corrected chi connectivity index (χ0v) is 18.7. The van der Waals surface area contributed by atoms with Gasteiger partial charge >= 0.3 is 0 Å². The Labute approximate surface area is 189 Å².